The molecule has 1 atom stereocenters. The summed E-state index contributed by atoms with van der Waals surface area (Å²) in [6.07, 6.45) is -0.914. The molecule has 0 radical (unpaired) electrons. The maximum absolute atomic E-state index is 12.7. The van der Waals surface area contributed by atoms with Crippen LogP contribution in [0.5, 0.6) is 0 Å². The molecule has 0 aromatic carbocycles. The number of aromatic nitrogens is 2. The first-order valence-corrected chi connectivity index (χ1v) is 5.37. The highest BCUT2D eigenvalue weighted by Gasteiger charge is 2.42. The molecule has 1 unspecified atom stereocenters. The summed E-state index contributed by atoms with van der Waals surface area (Å²) in [5.41, 5.74) is 6.90. The van der Waals surface area contributed by atoms with E-state index in [4.69, 9.17) is 5.73 Å². The molecule has 0 saturated carbocycles. The van der Waals surface area contributed by atoms with Gasteiger partial charge in [0.25, 0.3) is 0 Å². The second-order valence-corrected chi connectivity index (χ2v) is 4.10. The molecule has 0 spiro atoms. The first-order chi connectivity index (χ1) is 7.54. The van der Waals surface area contributed by atoms with Gasteiger partial charge in [0.1, 0.15) is 5.92 Å². The Bertz CT molecular complexity index is 370. The second kappa shape index (κ2) is 4.08. The third-order valence-corrected chi connectivity index (χ3v) is 3.05. The van der Waals surface area contributed by atoms with Crippen LogP contribution in [0.4, 0.5) is 13.2 Å². The predicted molar refractivity (Wildman–Crippen MR) is 53.1 cm³/mol. The van der Waals surface area contributed by atoms with Gasteiger partial charge in [0.05, 0.1) is 5.69 Å². The summed E-state index contributed by atoms with van der Waals surface area (Å²) >= 11 is 0. The van der Waals surface area contributed by atoms with Crippen molar-refractivity contribution in [3.05, 3.63) is 17.0 Å². The molecule has 1 aliphatic rings. The zero-order valence-corrected chi connectivity index (χ0v) is 8.77. The monoisotopic (exact) mass is 233 g/mol. The third-order valence-electron chi connectivity index (χ3n) is 3.05. The van der Waals surface area contributed by atoms with Gasteiger partial charge in [-0.15, -0.1) is 0 Å². The molecular formula is C10H14F3N3. The number of hydrogen-bond acceptors (Lipinski definition) is 2. The number of alkyl halides is 3. The highest BCUT2D eigenvalue weighted by atomic mass is 19.4. The summed E-state index contributed by atoms with van der Waals surface area (Å²) in [4.78, 5) is 0. The van der Waals surface area contributed by atoms with Crippen molar-refractivity contribution >= 4 is 0 Å². The Kier molecular flexibility index (Phi) is 2.92. The molecule has 3 nitrogen and oxygen atoms in total. The van der Waals surface area contributed by atoms with Crippen LogP contribution in [-0.4, -0.2) is 22.9 Å². The largest absolute Gasteiger partial charge is 0.398 e. The van der Waals surface area contributed by atoms with Gasteiger partial charge in [0.15, 0.2) is 0 Å². The summed E-state index contributed by atoms with van der Waals surface area (Å²) < 4.78 is 38.2. The maximum atomic E-state index is 12.7. The lowest BCUT2D eigenvalue weighted by atomic mass is 9.91. The Morgan fingerprint density at radius 3 is 2.62 bits per heavy atom. The zero-order chi connectivity index (χ0) is 11.8. The van der Waals surface area contributed by atoms with Crippen molar-refractivity contribution in [1.82, 2.24) is 10.2 Å². The first kappa shape index (κ1) is 11.4. The molecule has 6 heteroatoms. The molecule has 0 saturated heterocycles. The van der Waals surface area contributed by atoms with E-state index in [2.05, 4.69) is 10.2 Å². The van der Waals surface area contributed by atoms with Gasteiger partial charge < -0.3 is 5.73 Å². The molecule has 90 valence electrons. The van der Waals surface area contributed by atoms with Gasteiger partial charge in [-0.05, 0) is 31.2 Å². The van der Waals surface area contributed by atoms with Crippen LogP contribution in [-0.2, 0) is 12.8 Å². The van der Waals surface area contributed by atoms with Crippen molar-refractivity contribution in [3.63, 3.8) is 0 Å². The van der Waals surface area contributed by atoms with Crippen LogP contribution in [0.3, 0.4) is 0 Å². The first-order valence-electron chi connectivity index (χ1n) is 5.37. The van der Waals surface area contributed by atoms with Crippen molar-refractivity contribution in [2.45, 2.75) is 37.8 Å². The molecule has 1 aromatic heterocycles. The molecule has 1 heterocycles. The van der Waals surface area contributed by atoms with E-state index in [9.17, 15) is 13.2 Å². The van der Waals surface area contributed by atoms with Gasteiger partial charge in [-0.3, -0.25) is 5.10 Å². The van der Waals surface area contributed by atoms with Crippen LogP contribution >= 0.6 is 0 Å². The summed E-state index contributed by atoms with van der Waals surface area (Å²) in [5, 5.41) is 6.52. The van der Waals surface area contributed by atoms with Gasteiger partial charge in [-0.2, -0.15) is 18.3 Å². The Labute approximate surface area is 91.2 Å². The summed E-state index contributed by atoms with van der Waals surface area (Å²) in [6.45, 7) is -0.444. The van der Waals surface area contributed by atoms with Crippen LogP contribution in [0.1, 0.15) is 35.7 Å². The van der Waals surface area contributed by atoms with Crippen molar-refractivity contribution < 1.29 is 13.2 Å². The van der Waals surface area contributed by atoms with Gasteiger partial charge in [0.2, 0.25) is 0 Å². The number of nitrogens with two attached hydrogens (primary N) is 1. The lowest BCUT2D eigenvalue weighted by Crippen LogP contribution is -2.29. The fraction of sp³-hybridized carbons (Fsp3) is 0.700. The van der Waals surface area contributed by atoms with E-state index in [1.807, 2.05) is 0 Å². The minimum Gasteiger partial charge on any atom is -0.329 e. The van der Waals surface area contributed by atoms with Gasteiger partial charge >= 0.3 is 6.18 Å². The Morgan fingerprint density at radius 2 is 2.00 bits per heavy atom. The molecule has 0 amide bonds. The van der Waals surface area contributed by atoms with Crippen molar-refractivity contribution in [2.75, 3.05) is 6.54 Å². The average Bonchev–Trinajstić information content (AvgIpc) is 2.61. The van der Waals surface area contributed by atoms with E-state index >= 15 is 0 Å². The number of H-pyrrole nitrogens is 1. The molecule has 0 fully saturated rings. The standard InChI is InChI=1S/C10H14F3N3/c11-10(12,13)7(5-14)9-6-3-1-2-4-8(6)15-16-9/h7H,1-5,14H2,(H,15,16). The molecule has 16 heavy (non-hydrogen) atoms. The lowest BCUT2D eigenvalue weighted by molar-refractivity contribution is -0.149. The van der Waals surface area contributed by atoms with Crippen LogP contribution in [0.25, 0.3) is 0 Å². The molecule has 0 bridgehead atoms. The normalized spacial score (nSPS) is 18.2. The maximum Gasteiger partial charge on any atom is 0.398 e. The minimum absolute atomic E-state index is 0.102. The number of aromatic amines is 1. The van der Waals surface area contributed by atoms with Crippen LogP contribution in [0.15, 0.2) is 0 Å². The SMILES string of the molecule is NCC(c1n[nH]c2c1CCCC2)C(F)(F)F. The highest BCUT2D eigenvalue weighted by molar-refractivity contribution is 5.31. The lowest BCUT2D eigenvalue weighted by Gasteiger charge is -2.19. The van der Waals surface area contributed by atoms with Crippen molar-refractivity contribution in [1.29, 1.82) is 0 Å². The number of nitrogens with one attached hydrogen (secondary N) is 1. The summed E-state index contributed by atoms with van der Waals surface area (Å²) in [6, 6.07) is 0. The van der Waals surface area contributed by atoms with E-state index in [0.717, 1.165) is 30.5 Å². The Balaban J connectivity index is 2.35. The molecule has 1 aliphatic carbocycles. The second-order valence-electron chi connectivity index (χ2n) is 4.10. The van der Waals surface area contributed by atoms with Crippen LogP contribution in [0, 0.1) is 0 Å². The molecule has 2 rings (SSSR count). The van der Waals surface area contributed by atoms with E-state index in [-0.39, 0.29) is 5.69 Å². The summed E-state index contributed by atoms with van der Waals surface area (Å²) in [5.74, 6) is -1.63. The number of fused-ring (bicyclic) bond motifs is 1. The molecule has 3 N–H and O–H groups in total. The summed E-state index contributed by atoms with van der Waals surface area (Å²) in [7, 11) is 0. The topological polar surface area (TPSA) is 54.7 Å². The fourth-order valence-corrected chi connectivity index (χ4v) is 2.20. The van der Waals surface area contributed by atoms with Gasteiger partial charge in [-0.1, -0.05) is 0 Å². The number of rotatable bonds is 2. The molecule has 0 aliphatic heterocycles. The minimum atomic E-state index is -4.31. The Hall–Kier alpha value is -1.04. The van der Waals surface area contributed by atoms with Crippen molar-refractivity contribution in [2.24, 2.45) is 5.73 Å². The van der Waals surface area contributed by atoms with Crippen LogP contribution in [0.2, 0.25) is 0 Å². The average molecular weight is 233 g/mol. The van der Waals surface area contributed by atoms with E-state index in [1.165, 1.54) is 0 Å². The zero-order valence-electron chi connectivity index (χ0n) is 8.77. The molecule has 1 aromatic rings. The van der Waals surface area contributed by atoms with Gasteiger partial charge in [0, 0.05) is 12.2 Å². The van der Waals surface area contributed by atoms with Crippen LogP contribution < -0.4 is 5.73 Å². The third kappa shape index (κ3) is 1.93. The fourth-order valence-electron chi connectivity index (χ4n) is 2.20. The number of halogens is 3. The van der Waals surface area contributed by atoms with Crippen molar-refractivity contribution in [3.8, 4) is 0 Å². The van der Waals surface area contributed by atoms with E-state index in [1.54, 1.807) is 0 Å². The number of hydrogen-bond donors (Lipinski definition) is 2. The van der Waals surface area contributed by atoms with E-state index in [0.29, 0.717) is 6.42 Å². The molecular weight excluding hydrogens is 219 g/mol. The van der Waals surface area contributed by atoms with E-state index < -0.39 is 18.6 Å². The number of nitrogens with zero attached hydrogens (tertiary/aromatic N) is 1. The number of aryl methyl sites for hydroxylation is 1. The van der Waals surface area contributed by atoms with Gasteiger partial charge in [-0.25, -0.2) is 0 Å². The smallest absolute Gasteiger partial charge is 0.329 e. The Morgan fingerprint density at radius 1 is 1.31 bits per heavy atom. The predicted octanol–water partition coefficient (Wildman–Crippen LogP) is 1.89. The highest BCUT2D eigenvalue weighted by Crippen LogP contribution is 2.36. The quantitative estimate of drug-likeness (QED) is 0.819.